The van der Waals surface area contributed by atoms with Crippen molar-refractivity contribution in [1.29, 1.82) is 0 Å². The van der Waals surface area contributed by atoms with Crippen molar-refractivity contribution in [3.8, 4) is 0 Å². The third-order valence-electron chi connectivity index (χ3n) is 3.53. The Kier molecular flexibility index (Phi) is 3.79. The SMILES string of the molecule is CC1CC(Nc2nc(N)ncc2[N+](=O)[O-])CCN1C. The van der Waals surface area contributed by atoms with Crippen molar-refractivity contribution >= 4 is 17.5 Å². The number of aromatic nitrogens is 2. The van der Waals surface area contributed by atoms with Crippen LogP contribution in [0.25, 0.3) is 0 Å². The molecule has 2 atom stereocenters. The standard InChI is InChI=1S/C11H18N6O2/c1-7-5-8(3-4-16(7)2)14-10-9(17(18)19)6-13-11(12)15-10/h6-8H,3-5H2,1-2H3,(H3,12,13,14,15). The number of nitrogen functional groups attached to an aromatic ring is 1. The van der Waals surface area contributed by atoms with Crippen LogP contribution in [-0.2, 0) is 0 Å². The number of piperidine rings is 1. The normalized spacial score (nSPS) is 24.1. The zero-order valence-electron chi connectivity index (χ0n) is 11.0. The fourth-order valence-electron chi connectivity index (χ4n) is 2.24. The number of nitrogens with zero attached hydrogens (tertiary/aromatic N) is 4. The minimum atomic E-state index is -0.500. The topological polar surface area (TPSA) is 110 Å². The van der Waals surface area contributed by atoms with Crippen LogP contribution in [0.3, 0.4) is 0 Å². The van der Waals surface area contributed by atoms with E-state index in [1.807, 2.05) is 0 Å². The number of nitrogens with two attached hydrogens (primary N) is 1. The molecule has 104 valence electrons. The predicted molar refractivity (Wildman–Crippen MR) is 71.8 cm³/mol. The lowest BCUT2D eigenvalue weighted by atomic mass is 9.99. The summed E-state index contributed by atoms with van der Waals surface area (Å²) in [6, 6.07) is 0.601. The van der Waals surface area contributed by atoms with E-state index < -0.39 is 4.92 Å². The highest BCUT2D eigenvalue weighted by atomic mass is 16.6. The molecule has 0 saturated carbocycles. The van der Waals surface area contributed by atoms with E-state index in [2.05, 4.69) is 34.2 Å². The number of anilines is 2. The molecule has 8 nitrogen and oxygen atoms in total. The molecule has 19 heavy (non-hydrogen) atoms. The first-order chi connectivity index (χ1) is 8.97. The summed E-state index contributed by atoms with van der Waals surface area (Å²) in [6.45, 7) is 3.09. The third-order valence-corrected chi connectivity index (χ3v) is 3.53. The highest BCUT2D eigenvalue weighted by Crippen LogP contribution is 2.25. The zero-order valence-corrected chi connectivity index (χ0v) is 11.0. The maximum absolute atomic E-state index is 10.9. The Labute approximate surface area is 111 Å². The molecule has 1 aliphatic rings. The van der Waals surface area contributed by atoms with E-state index in [1.54, 1.807) is 0 Å². The second-order valence-corrected chi connectivity index (χ2v) is 4.91. The molecule has 2 heterocycles. The van der Waals surface area contributed by atoms with Crippen LogP contribution < -0.4 is 11.1 Å². The summed E-state index contributed by atoms with van der Waals surface area (Å²) in [4.78, 5) is 20.3. The summed E-state index contributed by atoms with van der Waals surface area (Å²) in [5.74, 6) is 0.244. The molecule has 1 saturated heterocycles. The molecule has 2 unspecified atom stereocenters. The molecule has 3 N–H and O–H groups in total. The van der Waals surface area contributed by atoms with Crippen molar-refractivity contribution in [3.63, 3.8) is 0 Å². The van der Waals surface area contributed by atoms with Crippen molar-refractivity contribution in [3.05, 3.63) is 16.3 Å². The lowest BCUT2D eigenvalue weighted by molar-refractivity contribution is -0.384. The van der Waals surface area contributed by atoms with Gasteiger partial charge in [-0.2, -0.15) is 4.98 Å². The first kappa shape index (κ1) is 13.5. The van der Waals surface area contributed by atoms with E-state index in [0.717, 1.165) is 25.6 Å². The van der Waals surface area contributed by atoms with Crippen LogP contribution >= 0.6 is 0 Å². The molecule has 0 aliphatic carbocycles. The number of hydrogen-bond donors (Lipinski definition) is 2. The van der Waals surface area contributed by atoms with Crippen molar-refractivity contribution in [2.24, 2.45) is 0 Å². The molecular formula is C11H18N6O2. The third kappa shape index (κ3) is 3.08. The quantitative estimate of drug-likeness (QED) is 0.616. The van der Waals surface area contributed by atoms with Crippen LogP contribution in [0.1, 0.15) is 19.8 Å². The summed E-state index contributed by atoms with van der Waals surface area (Å²) < 4.78 is 0. The molecule has 0 radical (unpaired) electrons. The van der Waals surface area contributed by atoms with Gasteiger partial charge in [0.2, 0.25) is 11.8 Å². The number of nitrogens with one attached hydrogen (secondary N) is 1. The van der Waals surface area contributed by atoms with Gasteiger partial charge in [0.1, 0.15) is 6.20 Å². The van der Waals surface area contributed by atoms with Crippen LogP contribution in [0.5, 0.6) is 0 Å². The van der Waals surface area contributed by atoms with Gasteiger partial charge in [0.15, 0.2) is 0 Å². The molecule has 0 spiro atoms. The van der Waals surface area contributed by atoms with Crippen molar-refractivity contribution in [1.82, 2.24) is 14.9 Å². The number of nitro groups is 1. The van der Waals surface area contributed by atoms with Gasteiger partial charge in [0, 0.05) is 18.6 Å². The van der Waals surface area contributed by atoms with Crippen LogP contribution in [0.15, 0.2) is 6.20 Å². The molecule has 0 bridgehead atoms. The predicted octanol–water partition coefficient (Wildman–Crippen LogP) is 0.862. The van der Waals surface area contributed by atoms with E-state index in [0.29, 0.717) is 6.04 Å². The molecule has 1 aromatic heterocycles. The van der Waals surface area contributed by atoms with Crippen LogP contribution in [0.4, 0.5) is 17.5 Å². The van der Waals surface area contributed by atoms with Gasteiger partial charge in [0.25, 0.3) is 0 Å². The second-order valence-electron chi connectivity index (χ2n) is 4.91. The average molecular weight is 266 g/mol. The van der Waals surface area contributed by atoms with Gasteiger partial charge in [-0.1, -0.05) is 0 Å². The Balaban J connectivity index is 2.14. The van der Waals surface area contributed by atoms with Gasteiger partial charge in [-0.25, -0.2) is 4.98 Å². The molecule has 8 heteroatoms. The number of likely N-dealkylation sites (tertiary alicyclic amines) is 1. The Bertz CT molecular complexity index is 480. The smallest absolute Gasteiger partial charge is 0.329 e. The summed E-state index contributed by atoms with van der Waals surface area (Å²) in [5, 5.41) is 14.1. The fourth-order valence-corrected chi connectivity index (χ4v) is 2.24. The van der Waals surface area contributed by atoms with Gasteiger partial charge in [-0.3, -0.25) is 10.1 Å². The van der Waals surface area contributed by atoms with Gasteiger partial charge < -0.3 is 16.0 Å². The van der Waals surface area contributed by atoms with Crippen molar-refractivity contribution in [2.45, 2.75) is 31.8 Å². The van der Waals surface area contributed by atoms with Gasteiger partial charge in [-0.15, -0.1) is 0 Å². The first-order valence-corrected chi connectivity index (χ1v) is 6.21. The largest absolute Gasteiger partial charge is 0.368 e. The molecule has 1 aliphatic heterocycles. The lowest BCUT2D eigenvalue weighted by Crippen LogP contribution is -2.42. The van der Waals surface area contributed by atoms with Crippen LogP contribution in [0.2, 0.25) is 0 Å². The minimum absolute atomic E-state index is 0.0362. The van der Waals surface area contributed by atoms with Gasteiger partial charge in [0.05, 0.1) is 4.92 Å². The summed E-state index contributed by atoms with van der Waals surface area (Å²) in [5.41, 5.74) is 5.35. The molecular weight excluding hydrogens is 248 g/mol. The molecule has 0 aromatic carbocycles. The van der Waals surface area contributed by atoms with E-state index >= 15 is 0 Å². The lowest BCUT2D eigenvalue weighted by Gasteiger charge is -2.35. The maximum atomic E-state index is 10.9. The average Bonchev–Trinajstić information content (AvgIpc) is 2.33. The first-order valence-electron chi connectivity index (χ1n) is 6.21. The number of hydrogen-bond acceptors (Lipinski definition) is 7. The summed E-state index contributed by atoms with van der Waals surface area (Å²) in [7, 11) is 2.08. The molecule has 1 aromatic rings. The highest BCUT2D eigenvalue weighted by molar-refractivity contribution is 5.56. The molecule has 2 rings (SSSR count). The van der Waals surface area contributed by atoms with Crippen LogP contribution in [-0.4, -0.2) is 45.5 Å². The van der Waals surface area contributed by atoms with E-state index in [1.165, 1.54) is 0 Å². The fraction of sp³-hybridized carbons (Fsp3) is 0.636. The van der Waals surface area contributed by atoms with E-state index in [4.69, 9.17) is 5.73 Å². The van der Waals surface area contributed by atoms with Crippen LogP contribution in [0, 0.1) is 10.1 Å². The maximum Gasteiger partial charge on any atom is 0.329 e. The Hall–Kier alpha value is -1.96. The van der Waals surface area contributed by atoms with E-state index in [-0.39, 0.29) is 23.5 Å². The van der Waals surface area contributed by atoms with Gasteiger partial charge in [-0.05, 0) is 26.8 Å². The molecule has 0 amide bonds. The number of rotatable bonds is 3. The monoisotopic (exact) mass is 266 g/mol. The molecule has 1 fully saturated rings. The Morgan fingerprint density at radius 1 is 1.63 bits per heavy atom. The van der Waals surface area contributed by atoms with Crippen molar-refractivity contribution < 1.29 is 4.92 Å². The second kappa shape index (κ2) is 5.35. The Morgan fingerprint density at radius 3 is 3.00 bits per heavy atom. The Morgan fingerprint density at radius 2 is 2.37 bits per heavy atom. The minimum Gasteiger partial charge on any atom is -0.368 e. The van der Waals surface area contributed by atoms with Gasteiger partial charge >= 0.3 is 5.69 Å². The van der Waals surface area contributed by atoms with Crippen molar-refractivity contribution in [2.75, 3.05) is 24.6 Å². The highest BCUT2D eigenvalue weighted by Gasteiger charge is 2.25. The summed E-state index contributed by atoms with van der Waals surface area (Å²) >= 11 is 0. The summed E-state index contributed by atoms with van der Waals surface area (Å²) in [6.07, 6.45) is 2.97. The zero-order chi connectivity index (χ0) is 14.0. The van der Waals surface area contributed by atoms with E-state index in [9.17, 15) is 10.1 Å².